The largest absolute Gasteiger partial charge is 0.489 e. The summed E-state index contributed by atoms with van der Waals surface area (Å²) in [6, 6.07) is 24.7. The minimum Gasteiger partial charge on any atom is -0.489 e. The Balaban J connectivity index is 1.36. The molecule has 3 aromatic carbocycles. The number of nitrogens with one attached hydrogen (secondary N) is 1. The molecule has 0 aliphatic carbocycles. The van der Waals surface area contributed by atoms with E-state index in [0.717, 1.165) is 28.9 Å². The molecule has 0 saturated carbocycles. The summed E-state index contributed by atoms with van der Waals surface area (Å²) in [5.74, 6) is 0.606. The van der Waals surface area contributed by atoms with Crippen molar-refractivity contribution in [2.24, 2.45) is 0 Å². The lowest BCUT2D eigenvalue weighted by Gasteiger charge is -2.11. The zero-order chi connectivity index (χ0) is 17.8. The predicted octanol–water partition coefficient (Wildman–Crippen LogP) is 5.11. The lowest BCUT2D eigenvalue weighted by molar-refractivity contribution is 0.0255. The molecular weight excluding hydrogens is 329 g/mol. The summed E-state index contributed by atoms with van der Waals surface area (Å²) in [5, 5.41) is 0. The number of hydrogen-bond donors (Lipinski definition) is 1. The summed E-state index contributed by atoms with van der Waals surface area (Å²) in [6.45, 7) is 0.553. The second kappa shape index (κ2) is 7.68. The Bertz CT molecular complexity index is 834. The van der Waals surface area contributed by atoms with E-state index in [1.807, 2.05) is 54.6 Å². The molecule has 1 N–H and O–H groups in total. The Labute approximate surface area is 152 Å². The first-order chi connectivity index (χ1) is 12.8. The number of hydrogen-bond acceptors (Lipinski definition) is 3. The Morgan fingerprint density at radius 3 is 2.31 bits per heavy atom. The van der Waals surface area contributed by atoms with E-state index in [-0.39, 0.29) is 18.0 Å². The van der Waals surface area contributed by atoms with E-state index in [1.54, 1.807) is 12.1 Å². The fourth-order valence-corrected chi connectivity index (χ4v) is 3.10. The van der Waals surface area contributed by atoms with Crippen LogP contribution in [-0.4, -0.2) is 0 Å². The molecule has 0 aromatic heterocycles. The van der Waals surface area contributed by atoms with Crippen molar-refractivity contribution in [2.75, 3.05) is 0 Å². The average molecular weight is 349 g/mol. The summed E-state index contributed by atoms with van der Waals surface area (Å²) in [5.41, 5.74) is 6.34. The first-order valence-corrected chi connectivity index (χ1v) is 8.71. The average Bonchev–Trinajstić information content (AvgIpc) is 3.18. The van der Waals surface area contributed by atoms with Crippen LogP contribution < -0.4 is 10.2 Å². The van der Waals surface area contributed by atoms with Crippen LogP contribution in [0.5, 0.6) is 5.75 Å². The van der Waals surface area contributed by atoms with Crippen molar-refractivity contribution in [3.63, 3.8) is 0 Å². The van der Waals surface area contributed by atoms with Gasteiger partial charge in [0.2, 0.25) is 0 Å². The van der Waals surface area contributed by atoms with Crippen molar-refractivity contribution in [2.45, 2.75) is 25.2 Å². The Kier molecular flexibility index (Phi) is 4.95. The van der Waals surface area contributed by atoms with Crippen molar-refractivity contribution in [1.82, 2.24) is 5.48 Å². The molecule has 1 fully saturated rings. The molecule has 1 aliphatic rings. The van der Waals surface area contributed by atoms with Gasteiger partial charge in [-0.3, -0.25) is 4.84 Å². The van der Waals surface area contributed by atoms with E-state index in [1.165, 1.54) is 12.1 Å². The molecule has 4 rings (SSSR count). The Morgan fingerprint density at radius 1 is 0.885 bits per heavy atom. The van der Waals surface area contributed by atoms with Crippen LogP contribution in [0.25, 0.3) is 0 Å². The maximum absolute atomic E-state index is 13.1. The molecule has 26 heavy (non-hydrogen) atoms. The zero-order valence-corrected chi connectivity index (χ0v) is 14.3. The van der Waals surface area contributed by atoms with Gasteiger partial charge in [-0.15, -0.1) is 0 Å². The third-order valence-corrected chi connectivity index (χ3v) is 4.57. The van der Waals surface area contributed by atoms with Crippen LogP contribution in [0.15, 0.2) is 78.9 Å². The lowest BCUT2D eigenvalue weighted by atomic mass is 9.98. The maximum Gasteiger partial charge on any atom is 0.123 e. The number of hydroxylamine groups is 1. The third-order valence-electron chi connectivity index (χ3n) is 4.57. The van der Waals surface area contributed by atoms with Gasteiger partial charge in [-0.05, 0) is 41.0 Å². The van der Waals surface area contributed by atoms with E-state index in [9.17, 15) is 4.39 Å². The van der Waals surface area contributed by atoms with E-state index < -0.39 is 0 Å². The summed E-state index contributed by atoms with van der Waals surface area (Å²) in [4.78, 5) is 5.68. The third kappa shape index (κ3) is 3.93. The maximum atomic E-state index is 13.1. The molecule has 4 heteroatoms. The van der Waals surface area contributed by atoms with E-state index >= 15 is 0 Å². The molecular formula is C22H20FNO2. The summed E-state index contributed by atoms with van der Waals surface area (Å²) < 4.78 is 18.9. The van der Waals surface area contributed by atoms with Gasteiger partial charge < -0.3 is 4.74 Å². The molecule has 2 unspecified atom stereocenters. The molecule has 0 amide bonds. The van der Waals surface area contributed by atoms with Gasteiger partial charge in [0.05, 0.1) is 6.04 Å². The Hall–Kier alpha value is -2.69. The normalized spacial score (nSPS) is 19.4. The highest BCUT2D eigenvalue weighted by Gasteiger charge is 2.27. The first kappa shape index (κ1) is 16.8. The van der Waals surface area contributed by atoms with Crippen LogP contribution in [0, 0.1) is 5.82 Å². The molecule has 132 valence electrons. The van der Waals surface area contributed by atoms with Gasteiger partial charge in [-0.2, -0.15) is 5.48 Å². The highest BCUT2D eigenvalue weighted by molar-refractivity contribution is 5.30. The van der Waals surface area contributed by atoms with Crippen molar-refractivity contribution >= 4 is 0 Å². The fourth-order valence-electron chi connectivity index (χ4n) is 3.10. The van der Waals surface area contributed by atoms with Crippen LogP contribution in [0.3, 0.4) is 0 Å². The quantitative estimate of drug-likeness (QED) is 0.694. The molecule has 2 atom stereocenters. The van der Waals surface area contributed by atoms with Gasteiger partial charge in [0.15, 0.2) is 0 Å². The van der Waals surface area contributed by atoms with E-state index in [2.05, 4.69) is 5.48 Å². The van der Waals surface area contributed by atoms with Gasteiger partial charge in [0, 0.05) is 6.42 Å². The fraction of sp³-hybridized carbons (Fsp3) is 0.182. The van der Waals surface area contributed by atoms with Gasteiger partial charge in [0.1, 0.15) is 24.3 Å². The minimum atomic E-state index is -0.234. The van der Waals surface area contributed by atoms with Gasteiger partial charge in [0.25, 0.3) is 0 Å². The number of rotatable bonds is 5. The topological polar surface area (TPSA) is 30.5 Å². The van der Waals surface area contributed by atoms with E-state index in [4.69, 9.17) is 9.57 Å². The summed E-state index contributed by atoms with van der Waals surface area (Å²) >= 11 is 0. The number of benzene rings is 3. The van der Waals surface area contributed by atoms with Crippen LogP contribution in [0.2, 0.25) is 0 Å². The second-order valence-electron chi connectivity index (χ2n) is 6.41. The molecule has 1 heterocycles. The lowest BCUT2D eigenvalue weighted by Crippen LogP contribution is -2.11. The van der Waals surface area contributed by atoms with Crippen LogP contribution >= 0.6 is 0 Å². The van der Waals surface area contributed by atoms with Gasteiger partial charge >= 0.3 is 0 Å². The highest BCUT2D eigenvalue weighted by Crippen LogP contribution is 2.35. The molecule has 3 nitrogen and oxygen atoms in total. The standard InChI is InChI=1S/C22H20FNO2/c23-19-10-6-18(7-11-19)22-14-21(24-26-22)17-8-12-20(13-9-17)25-15-16-4-2-1-3-5-16/h1-13,21-22,24H,14-15H2. The monoisotopic (exact) mass is 349 g/mol. The van der Waals surface area contributed by atoms with Crippen molar-refractivity contribution in [3.8, 4) is 5.75 Å². The number of halogens is 1. The smallest absolute Gasteiger partial charge is 0.123 e. The highest BCUT2D eigenvalue weighted by atomic mass is 19.1. The molecule has 0 radical (unpaired) electrons. The van der Waals surface area contributed by atoms with Crippen LogP contribution in [-0.2, 0) is 11.4 Å². The van der Waals surface area contributed by atoms with Crippen molar-refractivity contribution in [3.05, 3.63) is 101 Å². The van der Waals surface area contributed by atoms with Crippen LogP contribution in [0.1, 0.15) is 35.3 Å². The minimum absolute atomic E-state index is 0.0744. The first-order valence-electron chi connectivity index (χ1n) is 8.71. The molecule has 0 spiro atoms. The molecule has 3 aromatic rings. The van der Waals surface area contributed by atoms with Crippen LogP contribution in [0.4, 0.5) is 4.39 Å². The molecule has 1 saturated heterocycles. The second-order valence-corrected chi connectivity index (χ2v) is 6.41. The van der Waals surface area contributed by atoms with Crippen molar-refractivity contribution in [1.29, 1.82) is 0 Å². The SMILES string of the molecule is Fc1ccc(C2CC(c3ccc(OCc4ccccc4)cc3)NO2)cc1. The van der Waals surface area contributed by atoms with Gasteiger partial charge in [-0.25, -0.2) is 4.39 Å². The Morgan fingerprint density at radius 2 is 1.58 bits per heavy atom. The van der Waals surface area contributed by atoms with Crippen molar-refractivity contribution < 1.29 is 14.0 Å². The summed E-state index contributed by atoms with van der Waals surface area (Å²) in [7, 11) is 0. The summed E-state index contributed by atoms with van der Waals surface area (Å²) in [6.07, 6.45) is 0.727. The number of ether oxygens (including phenoxy) is 1. The van der Waals surface area contributed by atoms with Gasteiger partial charge in [-0.1, -0.05) is 54.6 Å². The molecule has 0 bridgehead atoms. The zero-order valence-electron chi connectivity index (χ0n) is 14.3. The molecule has 1 aliphatic heterocycles. The predicted molar refractivity (Wildman–Crippen MR) is 97.9 cm³/mol. The van der Waals surface area contributed by atoms with E-state index in [0.29, 0.717) is 6.61 Å².